The van der Waals surface area contributed by atoms with Crippen LogP contribution in [0.5, 0.6) is 0 Å². The smallest absolute Gasteiger partial charge is 0.163 e. The van der Waals surface area contributed by atoms with Gasteiger partial charge in [0.2, 0.25) is 0 Å². The number of rotatable bonds is 2. The van der Waals surface area contributed by atoms with Gasteiger partial charge >= 0.3 is 0 Å². The molecule has 76 valence electrons. The number of carbonyl (C=O) groups excluding carboxylic acids is 1. The Kier molecular flexibility index (Phi) is 1.24. The van der Waals surface area contributed by atoms with E-state index in [1.165, 1.54) is 0 Å². The maximum absolute atomic E-state index is 11.9. The Labute approximate surface area is 85.6 Å². The summed E-state index contributed by atoms with van der Waals surface area (Å²) in [7, 11) is 0. The monoisotopic (exact) mass is 190 g/mol. The van der Waals surface area contributed by atoms with Crippen LogP contribution in [0.4, 0.5) is 0 Å². The third kappa shape index (κ3) is 0.528. The normalized spacial score (nSPS) is 52.6. The van der Waals surface area contributed by atoms with Gasteiger partial charge in [-0.05, 0) is 29.7 Å². The van der Waals surface area contributed by atoms with Crippen LogP contribution in [0.15, 0.2) is 12.2 Å². The van der Waals surface area contributed by atoms with E-state index in [-0.39, 0.29) is 5.41 Å². The molecule has 3 aliphatic rings. The van der Waals surface area contributed by atoms with Gasteiger partial charge in [0, 0.05) is 5.41 Å². The number of carbonyl (C=O) groups is 1. The number of hydrogen-bond acceptors (Lipinski definition) is 1. The Morgan fingerprint density at radius 2 is 1.64 bits per heavy atom. The summed E-state index contributed by atoms with van der Waals surface area (Å²) >= 11 is 0. The average Bonchev–Trinajstić information content (AvgIpc) is 2.77. The second kappa shape index (κ2) is 2.00. The molecule has 1 nitrogen and oxygen atoms in total. The average molecular weight is 190 g/mol. The van der Waals surface area contributed by atoms with Crippen LogP contribution in [0.25, 0.3) is 0 Å². The maximum Gasteiger partial charge on any atom is 0.163 e. The molecule has 0 aromatic heterocycles. The molecule has 2 saturated carbocycles. The Bertz CT molecular complexity index is 332. The van der Waals surface area contributed by atoms with Crippen LogP contribution in [0, 0.1) is 34.5 Å². The highest BCUT2D eigenvalue weighted by Gasteiger charge is 3.00. The summed E-state index contributed by atoms with van der Waals surface area (Å²) in [5.74, 6) is 3.09. The van der Waals surface area contributed by atoms with Gasteiger partial charge in [-0.1, -0.05) is 33.8 Å². The highest BCUT2D eigenvalue weighted by Crippen LogP contribution is 2.99. The first-order valence-electron chi connectivity index (χ1n) is 5.75. The lowest BCUT2D eigenvalue weighted by Gasteiger charge is -2.27. The zero-order chi connectivity index (χ0) is 10.3. The molecule has 14 heavy (non-hydrogen) atoms. The first-order chi connectivity index (χ1) is 6.51. The van der Waals surface area contributed by atoms with E-state index in [0.29, 0.717) is 34.9 Å². The van der Waals surface area contributed by atoms with Crippen molar-refractivity contribution in [3.05, 3.63) is 12.2 Å². The molecule has 2 fully saturated rings. The highest BCUT2D eigenvalue weighted by atomic mass is 16.1. The Hall–Kier alpha value is -0.590. The molecule has 0 saturated heterocycles. The molecule has 0 N–H and O–H groups in total. The van der Waals surface area contributed by atoms with Crippen molar-refractivity contribution in [2.45, 2.75) is 27.7 Å². The van der Waals surface area contributed by atoms with E-state index in [4.69, 9.17) is 0 Å². The fraction of sp³-hybridized carbons (Fsp3) is 0.769. The van der Waals surface area contributed by atoms with E-state index in [1.54, 1.807) is 0 Å². The van der Waals surface area contributed by atoms with E-state index < -0.39 is 0 Å². The van der Waals surface area contributed by atoms with E-state index in [2.05, 4.69) is 33.8 Å². The summed E-state index contributed by atoms with van der Waals surface area (Å²) in [5.41, 5.74) is 0.418. The minimum Gasteiger partial charge on any atom is -0.294 e. The molecule has 0 aromatic carbocycles. The molecule has 3 aliphatic carbocycles. The summed E-state index contributed by atoms with van der Waals surface area (Å²) < 4.78 is 0. The lowest BCUT2D eigenvalue weighted by molar-refractivity contribution is -0.119. The van der Waals surface area contributed by atoms with Crippen LogP contribution in [-0.2, 0) is 4.79 Å². The standard InChI is InChI=1S/C13H18O/c1-7(2)10-12-6-5-9(14)13(10,12)11(12)8(3)4/h5-8,10-11H,1-4H3. The van der Waals surface area contributed by atoms with Crippen LogP contribution >= 0.6 is 0 Å². The molecular weight excluding hydrogens is 172 g/mol. The molecule has 0 radical (unpaired) electrons. The second-order valence-electron chi connectivity index (χ2n) is 5.94. The predicted molar refractivity (Wildman–Crippen MR) is 55.7 cm³/mol. The fourth-order valence-electron chi connectivity index (χ4n) is 4.81. The van der Waals surface area contributed by atoms with Crippen molar-refractivity contribution in [3.63, 3.8) is 0 Å². The van der Waals surface area contributed by atoms with Crippen LogP contribution in [-0.4, -0.2) is 5.78 Å². The van der Waals surface area contributed by atoms with Crippen LogP contribution < -0.4 is 0 Å². The van der Waals surface area contributed by atoms with E-state index in [1.807, 2.05) is 6.08 Å². The number of allylic oxidation sites excluding steroid dienone is 2. The largest absolute Gasteiger partial charge is 0.294 e. The first-order valence-corrected chi connectivity index (χ1v) is 5.75. The van der Waals surface area contributed by atoms with E-state index in [9.17, 15) is 4.79 Å². The molecule has 3 rings (SSSR count). The highest BCUT2D eigenvalue weighted by molar-refractivity contribution is 6.08. The van der Waals surface area contributed by atoms with Gasteiger partial charge in [-0.25, -0.2) is 0 Å². The van der Waals surface area contributed by atoms with Gasteiger partial charge in [0.1, 0.15) is 0 Å². The van der Waals surface area contributed by atoms with Gasteiger partial charge in [-0.15, -0.1) is 0 Å². The van der Waals surface area contributed by atoms with Crippen molar-refractivity contribution in [2.24, 2.45) is 34.5 Å². The van der Waals surface area contributed by atoms with Crippen LogP contribution in [0.3, 0.4) is 0 Å². The molecule has 2 unspecified atom stereocenters. The quantitative estimate of drug-likeness (QED) is 0.654. The van der Waals surface area contributed by atoms with Crippen molar-refractivity contribution >= 4 is 5.78 Å². The third-order valence-electron chi connectivity index (χ3n) is 4.81. The molecule has 0 heterocycles. The minimum absolute atomic E-state index is 0.0926. The summed E-state index contributed by atoms with van der Waals surface area (Å²) in [6, 6.07) is 0. The van der Waals surface area contributed by atoms with Crippen molar-refractivity contribution < 1.29 is 4.79 Å². The Balaban J connectivity index is 1.98. The van der Waals surface area contributed by atoms with Crippen LogP contribution in [0.1, 0.15) is 27.7 Å². The fourth-order valence-corrected chi connectivity index (χ4v) is 4.81. The van der Waals surface area contributed by atoms with Crippen molar-refractivity contribution in [1.82, 2.24) is 0 Å². The molecule has 0 amide bonds. The van der Waals surface area contributed by atoms with Gasteiger partial charge in [0.25, 0.3) is 0 Å². The lowest BCUT2D eigenvalue weighted by atomic mass is 9.75. The van der Waals surface area contributed by atoms with Gasteiger partial charge in [-0.2, -0.15) is 0 Å². The third-order valence-corrected chi connectivity index (χ3v) is 4.81. The van der Waals surface area contributed by atoms with Crippen LogP contribution in [0.2, 0.25) is 0 Å². The summed E-state index contributed by atoms with van der Waals surface area (Å²) in [6.07, 6.45) is 4.06. The summed E-state index contributed by atoms with van der Waals surface area (Å²) in [6.45, 7) is 9.02. The maximum atomic E-state index is 11.9. The molecule has 0 aliphatic heterocycles. The van der Waals surface area contributed by atoms with Crippen molar-refractivity contribution in [1.29, 1.82) is 0 Å². The zero-order valence-corrected chi connectivity index (χ0v) is 9.37. The molecule has 0 bridgehead atoms. The van der Waals surface area contributed by atoms with E-state index >= 15 is 0 Å². The number of hydrogen-bond donors (Lipinski definition) is 0. The molecule has 0 aromatic rings. The molecule has 1 heteroatoms. The predicted octanol–water partition coefficient (Wildman–Crippen LogP) is 2.67. The van der Waals surface area contributed by atoms with Gasteiger partial charge < -0.3 is 0 Å². The summed E-state index contributed by atoms with van der Waals surface area (Å²) in [5, 5.41) is 0. The molecule has 0 spiro atoms. The number of ketones is 1. The SMILES string of the molecule is CC(C)C1C23C=CC(=O)C12C3C(C)C. The Morgan fingerprint density at radius 1 is 1.14 bits per heavy atom. The summed E-state index contributed by atoms with van der Waals surface area (Å²) in [4.78, 5) is 11.9. The van der Waals surface area contributed by atoms with Crippen molar-refractivity contribution in [2.75, 3.05) is 0 Å². The molecular formula is C13H18O. The molecule has 2 atom stereocenters. The van der Waals surface area contributed by atoms with Gasteiger partial charge in [-0.3, -0.25) is 4.79 Å². The van der Waals surface area contributed by atoms with Gasteiger partial charge in [0.05, 0.1) is 5.41 Å². The first kappa shape index (κ1) is 8.70. The van der Waals surface area contributed by atoms with Crippen molar-refractivity contribution in [3.8, 4) is 0 Å². The lowest BCUT2D eigenvalue weighted by Crippen LogP contribution is -2.27. The second-order valence-corrected chi connectivity index (χ2v) is 5.94. The minimum atomic E-state index is 0.0926. The van der Waals surface area contributed by atoms with Gasteiger partial charge in [0.15, 0.2) is 5.78 Å². The van der Waals surface area contributed by atoms with E-state index in [0.717, 1.165) is 0 Å². The topological polar surface area (TPSA) is 17.1 Å². The zero-order valence-electron chi connectivity index (χ0n) is 9.37. The Morgan fingerprint density at radius 3 is 1.93 bits per heavy atom.